The van der Waals surface area contributed by atoms with E-state index in [0.717, 1.165) is 62.1 Å². The van der Waals surface area contributed by atoms with Gasteiger partial charge in [0.25, 0.3) is 0 Å². The van der Waals surface area contributed by atoms with Crippen LogP contribution in [0.4, 0.5) is 34.1 Å². The first-order valence-electron chi connectivity index (χ1n) is 19.2. The van der Waals surface area contributed by atoms with Crippen molar-refractivity contribution in [3.8, 4) is 22.6 Å². The minimum absolute atomic E-state index is 0.620. The number of fused-ring (bicyclic) bond motifs is 10. The number of hydrogen-bond donors (Lipinski definition) is 0. The molecule has 264 valence electrons. The van der Waals surface area contributed by atoms with Gasteiger partial charge in [-0.3, -0.25) is 0 Å². The monoisotopic (exact) mass is 716 g/mol. The smallest absolute Gasteiger partial charge is 0.134 e. The molecule has 0 amide bonds. The van der Waals surface area contributed by atoms with Gasteiger partial charge in [-0.1, -0.05) is 133 Å². The maximum absolute atomic E-state index is 7.11. The average Bonchev–Trinajstić information content (AvgIpc) is 3.55. The van der Waals surface area contributed by atoms with Gasteiger partial charge in [0.05, 0.1) is 5.41 Å². The molecule has 0 bridgehead atoms. The molecule has 1 unspecified atom stereocenters. The first-order chi connectivity index (χ1) is 27.8. The highest BCUT2D eigenvalue weighted by molar-refractivity contribution is 5.95. The van der Waals surface area contributed by atoms with Crippen LogP contribution in [-0.2, 0) is 5.41 Å². The van der Waals surface area contributed by atoms with E-state index in [0.29, 0.717) is 0 Å². The van der Waals surface area contributed by atoms with Crippen LogP contribution < -0.4 is 14.5 Å². The van der Waals surface area contributed by atoms with Gasteiger partial charge in [-0.2, -0.15) is 0 Å². The average molecular weight is 717 g/mol. The van der Waals surface area contributed by atoms with Crippen molar-refractivity contribution in [2.24, 2.45) is 0 Å². The molecule has 1 aliphatic heterocycles. The summed E-state index contributed by atoms with van der Waals surface area (Å²) < 4.78 is 7.11. The van der Waals surface area contributed by atoms with E-state index >= 15 is 0 Å². The number of hydrogen-bond acceptors (Lipinski definition) is 3. The summed E-state index contributed by atoms with van der Waals surface area (Å²) in [6.07, 6.45) is 0. The van der Waals surface area contributed by atoms with E-state index in [9.17, 15) is 0 Å². The lowest BCUT2D eigenvalue weighted by Gasteiger charge is -2.40. The van der Waals surface area contributed by atoms with Gasteiger partial charge in [-0.05, 0) is 112 Å². The Labute approximate surface area is 326 Å². The predicted molar refractivity (Wildman–Crippen MR) is 231 cm³/mol. The fourth-order valence-electron chi connectivity index (χ4n) is 9.10. The molecule has 1 aliphatic carbocycles. The van der Waals surface area contributed by atoms with Gasteiger partial charge in [-0.15, -0.1) is 0 Å². The van der Waals surface area contributed by atoms with Crippen LogP contribution in [0.1, 0.15) is 22.3 Å². The van der Waals surface area contributed by atoms with Crippen molar-refractivity contribution in [2.75, 3.05) is 9.80 Å². The summed E-state index contributed by atoms with van der Waals surface area (Å²) in [4.78, 5) is 4.65. The number of nitrogens with zero attached hydrogens (tertiary/aromatic N) is 2. The Balaban J connectivity index is 1.18. The molecule has 9 aromatic carbocycles. The largest absolute Gasteiger partial charge is 0.457 e. The molecule has 0 aromatic heterocycles. The summed E-state index contributed by atoms with van der Waals surface area (Å²) in [5.41, 5.74) is 13.2. The normalized spacial score (nSPS) is 14.6. The SMILES string of the molecule is c1ccc(N(c2ccccc2)c2ccc3c(c2)Oc2cc4ccccc4cc2C32c3ccccc3-c3cc(N(c4ccccc4)c4ccccc4)ccc32)cc1. The highest BCUT2D eigenvalue weighted by Crippen LogP contribution is 2.63. The zero-order valence-corrected chi connectivity index (χ0v) is 30.6. The fraction of sp³-hybridized carbons (Fsp3) is 0.0189. The van der Waals surface area contributed by atoms with Gasteiger partial charge >= 0.3 is 0 Å². The Morgan fingerprint density at radius 3 is 1.29 bits per heavy atom. The van der Waals surface area contributed by atoms with Crippen LogP contribution in [0, 0.1) is 0 Å². The summed E-state index contributed by atoms with van der Waals surface area (Å²) in [5, 5.41) is 2.34. The topological polar surface area (TPSA) is 15.7 Å². The minimum atomic E-state index is -0.620. The Bertz CT molecular complexity index is 2810. The lowest BCUT2D eigenvalue weighted by Crippen LogP contribution is -2.32. The van der Waals surface area contributed by atoms with Crippen LogP contribution in [0.15, 0.2) is 218 Å². The van der Waals surface area contributed by atoms with E-state index in [2.05, 4.69) is 228 Å². The quantitative estimate of drug-likeness (QED) is 0.170. The van der Waals surface area contributed by atoms with Gasteiger partial charge in [-0.25, -0.2) is 0 Å². The van der Waals surface area contributed by atoms with Crippen LogP contribution in [0.5, 0.6) is 11.5 Å². The van der Waals surface area contributed by atoms with Crippen LogP contribution in [0.2, 0.25) is 0 Å². The predicted octanol–water partition coefficient (Wildman–Crippen LogP) is 14.2. The van der Waals surface area contributed by atoms with Crippen LogP contribution in [0.3, 0.4) is 0 Å². The molecule has 1 atom stereocenters. The lowest BCUT2D eigenvalue weighted by molar-refractivity contribution is 0.437. The van der Waals surface area contributed by atoms with Crippen molar-refractivity contribution in [1.82, 2.24) is 0 Å². The third-order valence-corrected chi connectivity index (χ3v) is 11.4. The molecule has 0 radical (unpaired) electrons. The number of para-hydroxylation sites is 4. The summed E-state index contributed by atoms with van der Waals surface area (Å²) in [5.74, 6) is 1.73. The summed E-state index contributed by atoms with van der Waals surface area (Å²) in [7, 11) is 0. The second-order valence-corrected chi connectivity index (χ2v) is 14.5. The Hall–Kier alpha value is -7.36. The van der Waals surface area contributed by atoms with Gasteiger partial charge in [0.2, 0.25) is 0 Å². The van der Waals surface area contributed by atoms with Gasteiger partial charge in [0.15, 0.2) is 0 Å². The van der Waals surface area contributed by atoms with Crippen molar-refractivity contribution in [2.45, 2.75) is 5.41 Å². The molecule has 3 nitrogen and oxygen atoms in total. The molecule has 0 saturated carbocycles. The van der Waals surface area contributed by atoms with E-state index in [1.54, 1.807) is 0 Å². The Kier molecular flexibility index (Phi) is 7.39. The third-order valence-electron chi connectivity index (χ3n) is 11.4. The van der Waals surface area contributed by atoms with Crippen LogP contribution >= 0.6 is 0 Å². The molecule has 2 aliphatic rings. The standard InChI is InChI=1S/C53H36N2O/c1-5-19-39(20-6-1)54(40-21-7-2-8-22-40)43-29-31-48-46(35-43)45-27-15-16-28-47(45)53(48)49-32-30-44(55(41-23-9-3-10-24-41)42-25-11-4-12-26-42)36-52(49)56-51-34-38-18-14-13-17-37(38)33-50(51)53/h1-36H. The molecule has 1 heterocycles. The number of anilines is 6. The molecule has 9 aromatic rings. The van der Waals surface area contributed by atoms with Gasteiger partial charge < -0.3 is 14.5 Å². The summed E-state index contributed by atoms with van der Waals surface area (Å²) in [6, 6.07) is 78.4. The summed E-state index contributed by atoms with van der Waals surface area (Å²) >= 11 is 0. The molecule has 0 fully saturated rings. The summed E-state index contributed by atoms with van der Waals surface area (Å²) in [6.45, 7) is 0. The third kappa shape index (κ3) is 4.91. The van der Waals surface area contributed by atoms with Crippen LogP contribution in [0.25, 0.3) is 21.9 Å². The maximum atomic E-state index is 7.11. The first-order valence-corrected chi connectivity index (χ1v) is 19.2. The molecule has 56 heavy (non-hydrogen) atoms. The zero-order valence-electron chi connectivity index (χ0n) is 30.6. The fourth-order valence-corrected chi connectivity index (χ4v) is 9.10. The second-order valence-electron chi connectivity index (χ2n) is 14.5. The van der Waals surface area contributed by atoms with Crippen LogP contribution in [-0.4, -0.2) is 0 Å². The zero-order chi connectivity index (χ0) is 37.1. The maximum Gasteiger partial charge on any atom is 0.134 e. The Morgan fingerprint density at radius 2 is 0.714 bits per heavy atom. The first kappa shape index (κ1) is 32.1. The van der Waals surface area contributed by atoms with E-state index in [1.165, 1.54) is 27.6 Å². The molecule has 11 rings (SSSR count). The number of rotatable bonds is 6. The van der Waals surface area contributed by atoms with Crippen molar-refractivity contribution >= 4 is 44.9 Å². The highest BCUT2D eigenvalue weighted by atomic mass is 16.5. The number of ether oxygens (including phenoxy) is 1. The van der Waals surface area contributed by atoms with Crippen molar-refractivity contribution in [3.05, 3.63) is 241 Å². The second kappa shape index (κ2) is 12.9. The molecular formula is C53H36N2O. The van der Waals surface area contributed by atoms with Crippen molar-refractivity contribution in [3.63, 3.8) is 0 Å². The number of benzene rings is 9. The highest BCUT2D eigenvalue weighted by Gasteiger charge is 2.51. The van der Waals surface area contributed by atoms with E-state index < -0.39 is 5.41 Å². The minimum Gasteiger partial charge on any atom is -0.457 e. The molecular weight excluding hydrogens is 681 g/mol. The van der Waals surface area contributed by atoms with Crippen molar-refractivity contribution in [1.29, 1.82) is 0 Å². The lowest BCUT2D eigenvalue weighted by atomic mass is 9.65. The molecule has 1 spiro atoms. The van der Waals surface area contributed by atoms with E-state index in [-0.39, 0.29) is 0 Å². The van der Waals surface area contributed by atoms with E-state index in [4.69, 9.17) is 4.74 Å². The van der Waals surface area contributed by atoms with E-state index in [1.807, 2.05) is 0 Å². The molecule has 3 heteroatoms. The van der Waals surface area contributed by atoms with Gasteiger partial charge in [0, 0.05) is 51.3 Å². The van der Waals surface area contributed by atoms with Crippen molar-refractivity contribution < 1.29 is 4.74 Å². The Morgan fingerprint density at radius 1 is 0.286 bits per heavy atom. The molecule has 0 saturated heterocycles. The van der Waals surface area contributed by atoms with Gasteiger partial charge in [0.1, 0.15) is 11.5 Å². The molecule has 0 N–H and O–H groups in total.